The van der Waals surface area contributed by atoms with Crippen LogP contribution < -0.4 is 21.3 Å². The molecular formula is C33H37FN6O3. The summed E-state index contributed by atoms with van der Waals surface area (Å²) in [5.41, 5.74) is 3.84. The van der Waals surface area contributed by atoms with Crippen LogP contribution in [0.5, 0.6) is 0 Å². The fourth-order valence-corrected chi connectivity index (χ4v) is 6.80. The van der Waals surface area contributed by atoms with Crippen LogP contribution in [0.1, 0.15) is 47.6 Å². The van der Waals surface area contributed by atoms with E-state index in [4.69, 9.17) is 0 Å². The predicted molar refractivity (Wildman–Crippen MR) is 162 cm³/mol. The normalized spacial score (nSPS) is 19.9. The molecule has 1 aliphatic carbocycles. The third-order valence-electron chi connectivity index (χ3n) is 9.21. The molecule has 0 radical (unpaired) electrons. The van der Waals surface area contributed by atoms with Gasteiger partial charge in [0.2, 0.25) is 17.7 Å². The number of carbonyl (C=O) groups excluding carboxylic acids is 3. The van der Waals surface area contributed by atoms with Crippen molar-refractivity contribution < 1.29 is 18.8 Å². The number of nitrogens with zero attached hydrogens (tertiary/aromatic N) is 2. The van der Waals surface area contributed by atoms with Crippen LogP contribution in [-0.2, 0) is 45.7 Å². The molecule has 0 saturated carbocycles. The van der Waals surface area contributed by atoms with Crippen LogP contribution in [0.25, 0.3) is 0 Å². The Hall–Kier alpha value is -4.15. The molecule has 3 aromatic rings. The van der Waals surface area contributed by atoms with E-state index in [1.807, 2.05) is 37.3 Å². The molecule has 2 aromatic carbocycles. The number of hydrogen-bond acceptors (Lipinski definition) is 6. The summed E-state index contributed by atoms with van der Waals surface area (Å²) in [7, 11) is 1.79. The molecule has 1 aromatic heterocycles. The standard InChI is InChI=1S/C33H37FN6O3/c1-32(9-12-36-13-10-32)31(43)40(19-22-5-7-25(34)14-24(22)18-35-2)20-28(41)38-26-8-6-21-16-33(17-23(21)15-26)27-4-3-11-37-29(27)39-30(33)42/h3-8,11,14-15,35-36H,9-10,12-13,16-20H2,1-2H3,(H,38,41)(H,37,39,42)/t33-/m1/s1. The Kier molecular flexibility index (Phi) is 7.74. The van der Waals surface area contributed by atoms with Crippen LogP contribution >= 0.6 is 0 Å². The van der Waals surface area contributed by atoms with Crippen molar-refractivity contribution in [2.75, 3.05) is 37.3 Å². The molecule has 1 spiro atoms. The first-order valence-corrected chi connectivity index (χ1v) is 14.8. The van der Waals surface area contributed by atoms with Gasteiger partial charge in [0.15, 0.2) is 0 Å². The summed E-state index contributed by atoms with van der Waals surface area (Å²) in [6.07, 6.45) is 4.12. The lowest BCUT2D eigenvalue weighted by atomic mass is 9.79. The summed E-state index contributed by atoms with van der Waals surface area (Å²) >= 11 is 0. The summed E-state index contributed by atoms with van der Waals surface area (Å²) in [4.78, 5) is 46.4. The molecule has 10 heteroatoms. The molecule has 3 amide bonds. The van der Waals surface area contributed by atoms with E-state index in [1.54, 1.807) is 24.2 Å². The van der Waals surface area contributed by atoms with E-state index in [0.29, 0.717) is 43.7 Å². The molecule has 3 aliphatic rings. The van der Waals surface area contributed by atoms with Gasteiger partial charge in [0.1, 0.15) is 18.2 Å². The number of piperidine rings is 1. The number of halogens is 1. The summed E-state index contributed by atoms with van der Waals surface area (Å²) in [5, 5.41) is 12.3. The van der Waals surface area contributed by atoms with Crippen molar-refractivity contribution in [3.8, 4) is 0 Å². The first-order chi connectivity index (χ1) is 20.7. The second kappa shape index (κ2) is 11.5. The van der Waals surface area contributed by atoms with Crippen LogP contribution in [0, 0.1) is 11.2 Å². The number of carbonyl (C=O) groups is 3. The van der Waals surface area contributed by atoms with Crippen molar-refractivity contribution in [1.29, 1.82) is 0 Å². The minimum atomic E-state index is -0.692. The maximum Gasteiger partial charge on any atom is 0.244 e. The van der Waals surface area contributed by atoms with Crippen molar-refractivity contribution in [3.05, 3.63) is 88.4 Å². The molecular weight excluding hydrogens is 547 g/mol. The quantitative estimate of drug-likeness (QED) is 0.323. The average Bonchev–Trinajstić information content (AvgIpc) is 3.50. The van der Waals surface area contributed by atoms with Gasteiger partial charge < -0.3 is 26.2 Å². The zero-order valence-corrected chi connectivity index (χ0v) is 24.6. The Bertz CT molecular complexity index is 1590. The lowest BCUT2D eigenvalue weighted by Crippen LogP contribution is -2.49. The van der Waals surface area contributed by atoms with Gasteiger partial charge in [0, 0.05) is 36.0 Å². The lowest BCUT2D eigenvalue weighted by Gasteiger charge is -2.37. The number of nitrogens with one attached hydrogen (secondary N) is 4. The highest BCUT2D eigenvalue weighted by Gasteiger charge is 2.51. The number of aromatic nitrogens is 1. The lowest BCUT2D eigenvalue weighted by molar-refractivity contribution is -0.145. The van der Waals surface area contributed by atoms with Crippen molar-refractivity contribution in [2.45, 2.75) is 51.1 Å². The monoisotopic (exact) mass is 584 g/mol. The zero-order valence-electron chi connectivity index (χ0n) is 24.6. The number of pyridine rings is 1. The highest BCUT2D eigenvalue weighted by atomic mass is 19.1. The second-order valence-corrected chi connectivity index (χ2v) is 12.2. The summed E-state index contributed by atoms with van der Waals surface area (Å²) in [5.74, 6) is -0.187. The molecule has 4 N–H and O–H groups in total. The summed E-state index contributed by atoms with van der Waals surface area (Å²) in [6, 6.07) is 14.1. The molecule has 224 valence electrons. The number of rotatable bonds is 8. The molecule has 9 nitrogen and oxygen atoms in total. The molecule has 43 heavy (non-hydrogen) atoms. The Morgan fingerprint density at radius 2 is 1.84 bits per heavy atom. The average molecular weight is 585 g/mol. The van der Waals surface area contributed by atoms with Gasteiger partial charge in [-0.15, -0.1) is 0 Å². The minimum Gasteiger partial charge on any atom is -0.329 e. The number of anilines is 2. The van der Waals surface area contributed by atoms with Gasteiger partial charge in [-0.2, -0.15) is 0 Å². The van der Waals surface area contributed by atoms with Gasteiger partial charge in [0.25, 0.3) is 0 Å². The molecule has 0 bridgehead atoms. The van der Waals surface area contributed by atoms with Crippen molar-refractivity contribution in [2.24, 2.45) is 5.41 Å². The minimum absolute atomic E-state index is 0.0537. The van der Waals surface area contributed by atoms with Gasteiger partial charge in [0.05, 0.1) is 5.41 Å². The highest BCUT2D eigenvalue weighted by Crippen LogP contribution is 2.47. The molecule has 0 unspecified atom stereocenters. The summed E-state index contributed by atoms with van der Waals surface area (Å²) in [6.45, 7) is 3.93. The van der Waals surface area contributed by atoms with Gasteiger partial charge in [-0.05, 0) is 98.4 Å². The number of benzene rings is 2. The topological polar surface area (TPSA) is 115 Å². The summed E-state index contributed by atoms with van der Waals surface area (Å²) < 4.78 is 14.1. The molecule has 1 saturated heterocycles. The SMILES string of the molecule is CNCc1cc(F)ccc1CN(CC(=O)Nc1ccc2c(c1)C[C@@]1(C2)C(=O)Nc2ncccc21)C(=O)C1(C)CCNCC1. The van der Waals surface area contributed by atoms with Crippen LogP contribution in [-0.4, -0.2) is 54.3 Å². The van der Waals surface area contributed by atoms with Crippen molar-refractivity contribution in [3.63, 3.8) is 0 Å². The van der Waals surface area contributed by atoms with Gasteiger partial charge in [-0.3, -0.25) is 14.4 Å². The van der Waals surface area contributed by atoms with E-state index >= 15 is 0 Å². The maximum atomic E-state index is 14.1. The van der Waals surface area contributed by atoms with E-state index < -0.39 is 10.8 Å². The maximum absolute atomic E-state index is 14.1. The van der Waals surface area contributed by atoms with Crippen LogP contribution in [0.2, 0.25) is 0 Å². The van der Waals surface area contributed by atoms with E-state index in [9.17, 15) is 18.8 Å². The van der Waals surface area contributed by atoms with Crippen LogP contribution in [0.4, 0.5) is 15.9 Å². The molecule has 3 heterocycles. The Labute approximate surface area is 250 Å². The third-order valence-corrected chi connectivity index (χ3v) is 9.21. The Balaban J connectivity index is 1.21. The fourth-order valence-electron chi connectivity index (χ4n) is 6.80. The zero-order chi connectivity index (χ0) is 30.2. The van der Waals surface area contributed by atoms with Gasteiger partial charge in [-0.25, -0.2) is 9.37 Å². The smallest absolute Gasteiger partial charge is 0.244 e. The van der Waals surface area contributed by atoms with E-state index in [2.05, 4.69) is 26.3 Å². The first kappa shape index (κ1) is 28.9. The molecule has 1 atom stereocenters. The van der Waals surface area contributed by atoms with E-state index in [-0.39, 0.29) is 36.6 Å². The second-order valence-electron chi connectivity index (χ2n) is 12.2. The number of hydrogen-bond donors (Lipinski definition) is 4. The van der Waals surface area contributed by atoms with Crippen molar-refractivity contribution in [1.82, 2.24) is 20.5 Å². The van der Waals surface area contributed by atoms with Gasteiger partial charge >= 0.3 is 0 Å². The molecule has 6 rings (SSSR count). The number of fused-ring (bicyclic) bond motifs is 3. The third kappa shape index (κ3) is 5.52. The number of amides is 3. The fraction of sp³-hybridized carbons (Fsp3) is 0.394. The highest BCUT2D eigenvalue weighted by molar-refractivity contribution is 6.06. The first-order valence-electron chi connectivity index (χ1n) is 14.8. The Morgan fingerprint density at radius 3 is 2.63 bits per heavy atom. The molecule has 2 aliphatic heterocycles. The van der Waals surface area contributed by atoms with E-state index in [1.165, 1.54) is 12.1 Å². The predicted octanol–water partition coefficient (Wildman–Crippen LogP) is 3.29. The van der Waals surface area contributed by atoms with Gasteiger partial charge in [-0.1, -0.05) is 25.1 Å². The van der Waals surface area contributed by atoms with E-state index in [0.717, 1.165) is 40.9 Å². The van der Waals surface area contributed by atoms with Crippen molar-refractivity contribution >= 4 is 29.2 Å². The van der Waals surface area contributed by atoms with Crippen LogP contribution in [0.15, 0.2) is 54.7 Å². The molecule has 1 fully saturated rings. The Morgan fingerprint density at radius 1 is 1.05 bits per heavy atom. The largest absolute Gasteiger partial charge is 0.329 e. The van der Waals surface area contributed by atoms with Crippen LogP contribution in [0.3, 0.4) is 0 Å².